The zero-order chi connectivity index (χ0) is 12.4. The van der Waals surface area contributed by atoms with E-state index in [1.54, 1.807) is 7.11 Å². The van der Waals surface area contributed by atoms with Gasteiger partial charge < -0.3 is 20.4 Å². The molecule has 0 bridgehead atoms. The van der Waals surface area contributed by atoms with Gasteiger partial charge in [-0.25, -0.2) is 4.98 Å². The molecule has 0 spiro atoms. The maximum absolute atomic E-state index is 5.97. The number of ether oxygens (including phenoxy) is 1. The van der Waals surface area contributed by atoms with Gasteiger partial charge in [-0.05, 0) is 32.6 Å². The SMILES string of the molecule is COCCN(c1nc(C)[nH]c1N)C(C)C1CC1. The van der Waals surface area contributed by atoms with Gasteiger partial charge in [0.15, 0.2) is 5.82 Å². The number of aromatic amines is 1. The second kappa shape index (κ2) is 4.96. The number of anilines is 2. The van der Waals surface area contributed by atoms with Crippen molar-refractivity contribution in [1.29, 1.82) is 0 Å². The number of nitrogens with two attached hydrogens (primary N) is 1. The number of hydrogen-bond acceptors (Lipinski definition) is 4. The van der Waals surface area contributed by atoms with Crippen LogP contribution in [-0.4, -0.2) is 36.3 Å². The fraction of sp³-hybridized carbons (Fsp3) is 0.750. The number of rotatable bonds is 6. The lowest BCUT2D eigenvalue weighted by molar-refractivity contribution is 0.202. The van der Waals surface area contributed by atoms with Crippen LogP contribution in [0.1, 0.15) is 25.6 Å². The van der Waals surface area contributed by atoms with E-state index in [9.17, 15) is 0 Å². The maximum atomic E-state index is 5.97. The predicted molar refractivity (Wildman–Crippen MR) is 69.1 cm³/mol. The predicted octanol–water partition coefficient (Wildman–Crippen LogP) is 1.55. The van der Waals surface area contributed by atoms with E-state index < -0.39 is 0 Å². The van der Waals surface area contributed by atoms with Crippen LogP contribution in [0.5, 0.6) is 0 Å². The lowest BCUT2D eigenvalue weighted by atomic mass is 10.2. The van der Waals surface area contributed by atoms with Crippen molar-refractivity contribution in [1.82, 2.24) is 9.97 Å². The number of H-pyrrole nitrogens is 1. The largest absolute Gasteiger partial charge is 0.383 e. The van der Waals surface area contributed by atoms with Crippen molar-refractivity contribution < 1.29 is 4.74 Å². The van der Waals surface area contributed by atoms with Gasteiger partial charge in [-0.1, -0.05) is 0 Å². The molecule has 1 fully saturated rings. The molecule has 1 aliphatic carbocycles. The Labute approximate surface area is 102 Å². The van der Waals surface area contributed by atoms with E-state index in [4.69, 9.17) is 10.5 Å². The highest BCUT2D eigenvalue weighted by atomic mass is 16.5. The Morgan fingerprint density at radius 2 is 2.29 bits per heavy atom. The molecule has 0 saturated heterocycles. The average molecular weight is 238 g/mol. The third kappa shape index (κ3) is 2.72. The Balaban J connectivity index is 2.15. The molecule has 1 aromatic heterocycles. The molecule has 1 atom stereocenters. The van der Waals surface area contributed by atoms with Crippen molar-refractivity contribution >= 4 is 11.6 Å². The number of aromatic nitrogens is 2. The van der Waals surface area contributed by atoms with Gasteiger partial charge >= 0.3 is 0 Å². The zero-order valence-corrected chi connectivity index (χ0v) is 10.9. The maximum Gasteiger partial charge on any atom is 0.171 e. The Hall–Kier alpha value is -1.23. The number of imidazole rings is 1. The summed E-state index contributed by atoms with van der Waals surface area (Å²) < 4.78 is 5.17. The van der Waals surface area contributed by atoms with Crippen molar-refractivity contribution in [3.05, 3.63) is 5.82 Å². The number of nitrogens with one attached hydrogen (secondary N) is 1. The van der Waals surface area contributed by atoms with Gasteiger partial charge in [-0.2, -0.15) is 0 Å². The lowest BCUT2D eigenvalue weighted by Crippen LogP contribution is -2.38. The molecule has 5 nitrogen and oxygen atoms in total. The Bertz CT molecular complexity index is 373. The van der Waals surface area contributed by atoms with E-state index in [-0.39, 0.29) is 0 Å². The number of nitrogen functional groups attached to an aromatic ring is 1. The summed E-state index contributed by atoms with van der Waals surface area (Å²) in [4.78, 5) is 9.81. The van der Waals surface area contributed by atoms with Crippen LogP contribution in [-0.2, 0) is 4.74 Å². The first-order valence-electron chi connectivity index (χ1n) is 6.21. The third-order valence-corrected chi connectivity index (χ3v) is 3.43. The molecule has 96 valence electrons. The summed E-state index contributed by atoms with van der Waals surface area (Å²) in [6, 6.07) is 0.482. The minimum atomic E-state index is 0.482. The quantitative estimate of drug-likeness (QED) is 0.789. The van der Waals surface area contributed by atoms with Crippen molar-refractivity contribution in [2.45, 2.75) is 32.7 Å². The van der Waals surface area contributed by atoms with Gasteiger partial charge in [0.1, 0.15) is 11.6 Å². The molecule has 5 heteroatoms. The van der Waals surface area contributed by atoms with Crippen molar-refractivity contribution in [2.75, 3.05) is 30.9 Å². The fourth-order valence-corrected chi connectivity index (χ4v) is 2.24. The number of methoxy groups -OCH3 is 1. The van der Waals surface area contributed by atoms with Crippen LogP contribution in [0.15, 0.2) is 0 Å². The highest BCUT2D eigenvalue weighted by molar-refractivity contribution is 5.59. The second-order valence-corrected chi connectivity index (χ2v) is 4.82. The van der Waals surface area contributed by atoms with Crippen LogP contribution in [0.25, 0.3) is 0 Å². The molecule has 0 radical (unpaired) electrons. The lowest BCUT2D eigenvalue weighted by Gasteiger charge is -2.29. The van der Waals surface area contributed by atoms with Crippen LogP contribution in [0.3, 0.4) is 0 Å². The van der Waals surface area contributed by atoms with Gasteiger partial charge in [0, 0.05) is 19.7 Å². The van der Waals surface area contributed by atoms with Crippen LogP contribution in [0.4, 0.5) is 11.6 Å². The average Bonchev–Trinajstić information content (AvgIpc) is 3.06. The van der Waals surface area contributed by atoms with Gasteiger partial charge in [-0.3, -0.25) is 0 Å². The Kier molecular flexibility index (Phi) is 3.57. The standard InChI is InChI=1S/C12H22N4O/c1-8(10-4-5-10)16(6-7-17-3)12-11(13)14-9(2)15-12/h8,10H,4-7,13H2,1-3H3,(H,14,15). The molecular weight excluding hydrogens is 216 g/mol. The first-order valence-corrected chi connectivity index (χ1v) is 6.21. The molecule has 1 unspecified atom stereocenters. The normalized spacial score (nSPS) is 17.1. The summed E-state index contributed by atoms with van der Waals surface area (Å²) in [5, 5.41) is 0. The van der Waals surface area contributed by atoms with Crippen molar-refractivity contribution in [3.8, 4) is 0 Å². The summed E-state index contributed by atoms with van der Waals surface area (Å²) in [6.07, 6.45) is 2.63. The van der Waals surface area contributed by atoms with Gasteiger partial charge in [0.25, 0.3) is 0 Å². The Morgan fingerprint density at radius 1 is 1.59 bits per heavy atom. The molecule has 0 aliphatic heterocycles. The molecule has 2 rings (SSSR count). The fourth-order valence-electron chi connectivity index (χ4n) is 2.24. The molecule has 0 amide bonds. The highest BCUT2D eigenvalue weighted by Crippen LogP contribution is 2.37. The second-order valence-electron chi connectivity index (χ2n) is 4.82. The summed E-state index contributed by atoms with van der Waals surface area (Å²) >= 11 is 0. The highest BCUT2D eigenvalue weighted by Gasteiger charge is 2.33. The molecule has 3 N–H and O–H groups in total. The molecule has 1 aliphatic rings. The molecule has 1 saturated carbocycles. The molecule has 0 aromatic carbocycles. The summed E-state index contributed by atoms with van der Waals surface area (Å²) in [7, 11) is 1.72. The zero-order valence-electron chi connectivity index (χ0n) is 10.9. The topological polar surface area (TPSA) is 67.2 Å². The van der Waals surface area contributed by atoms with E-state index in [0.717, 1.165) is 24.1 Å². The van der Waals surface area contributed by atoms with Crippen molar-refractivity contribution in [2.24, 2.45) is 5.92 Å². The summed E-state index contributed by atoms with van der Waals surface area (Å²) in [5.41, 5.74) is 5.97. The number of aryl methyl sites for hydroxylation is 1. The minimum Gasteiger partial charge on any atom is -0.383 e. The first-order chi connectivity index (χ1) is 8.13. The van der Waals surface area contributed by atoms with E-state index in [2.05, 4.69) is 21.8 Å². The summed E-state index contributed by atoms with van der Waals surface area (Å²) in [5.74, 6) is 3.18. The minimum absolute atomic E-state index is 0.482. The molecule has 1 heterocycles. The van der Waals surface area contributed by atoms with Crippen LogP contribution in [0.2, 0.25) is 0 Å². The third-order valence-electron chi connectivity index (χ3n) is 3.43. The molecule has 1 aromatic rings. The van der Waals surface area contributed by atoms with Crippen LogP contribution < -0.4 is 10.6 Å². The van der Waals surface area contributed by atoms with Crippen LogP contribution >= 0.6 is 0 Å². The number of hydrogen-bond donors (Lipinski definition) is 2. The molecular formula is C12H22N4O. The van der Waals surface area contributed by atoms with Crippen molar-refractivity contribution in [3.63, 3.8) is 0 Å². The van der Waals surface area contributed by atoms with E-state index >= 15 is 0 Å². The van der Waals surface area contributed by atoms with E-state index in [1.165, 1.54) is 12.8 Å². The first kappa shape index (κ1) is 12.2. The number of nitrogens with zero attached hydrogens (tertiary/aromatic N) is 2. The molecule has 17 heavy (non-hydrogen) atoms. The van der Waals surface area contributed by atoms with Gasteiger partial charge in [0.2, 0.25) is 0 Å². The van der Waals surface area contributed by atoms with Gasteiger partial charge in [-0.15, -0.1) is 0 Å². The van der Waals surface area contributed by atoms with Crippen LogP contribution in [0, 0.1) is 12.8 Å². The van der Waals surface area contributed by atoms with E-state index in [0.29, 0.717) is 18.5 Å². The van der Waals surface area contributed by atoms with Gasteiger partial charge in [0.05, 0.1) is 6.61 Å². The monoisotopic (exact) mass is 238 g/mol. The van der Waals surface area contributed by atoms with E-state index in [1.807, 2.05) is 6.92 Å². The summed E-state index contributed by atoms with van der Waals surface area (Å²) in [6.45, 7) is 5.71. The Morgan fingerprint density at radius 3 is 2.76 bits per heavy atom. The smallest absolute Gasteiger partial charge is 0.171 e.